The summed E-state index contributed by atoms with van der Waals surface area (Å²) in [6.45, 7) is 4.71. The van der Waals surface area contributed by atoms with Crippen molar-refractivity contribution in [2.75, 3.05) is 0 Å². The molecule has 48 heavy (non-hydrogen) atoms. The van der Waals surface area contributed by atoms with Gasteiger partial charge in [-0.3, -0.25) is 0 Å². The summed E-state index contributed by atoms with van der Waals surface area (Å²) in [5.41, 5.74) is 21.2. The first-order chi connectivity index (χ1) is 23.5. The highest BCUT2D eigenvalue weighted by molar-refractivity contribution is 6.17. The van der Waals surface area contributed by atoms with Crippen molar-refractivity contribution in [3.63, 3.8) is 0 Å². The Morgan fingerprint density at radius 2 is 1.48 bits per heavy atom. The molecule has 0 amide bonds. The Labute approximate surface area is 282 Å². The van der Waals surface area contributed by atoms with Crippen molar-refractivity contribution < 1.29 is 0 Å². The minimum absolute atomic E-state index is 0.0910. The molecule has 6 aromatic carbocycles. The minimum Gasteiger partial charge on any atom is -0.366 e. The molecule has 0 radical (unpaired) electrons. The molecule has 1 aliphatic carbocycles. The lowest BCUT2D eigenvalue weighted by atomic mass is 9.81. The highest BCUT2D eigenvalue weighted by Gasteiger charge is 2.37. The molecule has 3 N–H and O–H groups in total. The summed E-state index contributed by atoms with van der Waals surface area (Å²) in [4.78, 5) is 0. The van der Waals surface area contributed by atoms with Crippen molar-refractivity contribution in [3.05, 3.63) is 179 Å². The first-order valence-corrected chi connectivity index (χ1v) is 16.7. The molecular formula is C45H38N3+. The molecule has 0 fully saturated rings. The van der Waals surface area contributed by atoms with E-state index in [1.54, 1.807) is 0 Å². The normalized spacial score (nSPS) is 14.9. The second-order valence-corrected chi connectivity index (χ2v) is 13.3. The second-order valence-electron chi connectivity index (χ2n) is 13.3. The van der Waals surface area contributed by atoms with Crippen molar-refractivity contribution in [1.82, 2.24) is 9.98 Å². The van der Waals surface area contributed by atoms with Gasteiger partial charge < -0.3 is 11.1 Å². The van der Waals surface area contributed by atoms with Crippen LogP contribution >= 0.6 is 0 Å². The Hall–Kier alpha value is -5.73. The zero-order valence-electron chi connectivity index (χ0n) is 27.3. The molecule has 1 atom stereocenters. The molecule has 3 heteroatoms. The van der Waals surface area contributed by atoms with E-state index >= 15 is 0 Å². The number of hydrogen-bond acceptors (Lipinski definition) is 2. The van der Waals surface area contributed by atoms with E-state index in [4.69, 9.17) is 5.73 Å². The molecule has 3 nitrogen and oxygen atoms in total. The first-order valence-electron chi connectivity index (χ1n) is 16.7. The Balaban J connectivity index is 1.19. The largest absolute Gasteiger partial charge is 0.366 e. The van der Waals surface area contributed by atoms with Crippen molar-refractivity contribution in [2.45, 2.75) is 31.8 Å². The highest BCUT2D eigenvalue weighted by atomic mass is 15.0. The van der Waals surface area contributed by atoms with Gasteiger partial charge in [-0.15, -0.1) is 4.67 Å². The van der Waals surface area contributed by atoms with Crippen LogP contribution in [0.15, 0.2) is 146 Å². The van der Waals surface area contributed by atoms with Crippen molar-refractivity contribution in [3.8, 4) is 22.3 Å². The number of fused-ring (bicyclic) bond motifs is 4. The van der Waals surface area contributed by atoms with Crippen molar-refractivity contribution in [1.29, 1.82) is 0 Å². The lowest BCUT2D eigenvalue weighted by Gasteiger charge is -2.22. The summed E-state index contributed by atoms with van der Waals surface area (Å²) in [5, 5.41) is 6.22. The summed E-state index contributed by atoms with van der Waals surface area (Å²) in [5.74, 6) is 0. The predicted molar refractivity (Wildman–Crippen MR) is 204 cm³/mol. The summed E-state index contributed by atoms with van der Waals surface area (Å²) in [6, 6.07) is 48.1. The Morgan fingerprint density at radius 1 is 0.729 bits per heavy atom. The van der Waals surface area contributed by atoms with Crippen LogP contribution in [-0.4, -0.2) is 12.4 Å². The van der Waals surface area contributed by atoms with E-state index in [-0.39, 0.29) is 11.6 Å². The average Bonchev–Trinajstić information content (AvgIpc) is 3.75. The molecule has 1 aliphatic heterocycles. The molecule has 2 aliphatic rings. The Kier molecular flexibility index (Phi) is 7.50. The standard InChI is InChI=1S/C45H38N3/c1-45(2)40-17-9-16-38(43(40)39-27-33-12-6-7-13-34(33)28-41(39)45)35-14-8-15-36(26-35)42(48-44(46)32-10-4-3-5-11-32)23-20-30-18-21-31(22-19-30)37-24-25-47-29-37/h3-19,21-29,44,48H,20,46H2,1-2H3/q+1/b42-23-. The van der Waals surface area contributed by atoms with E-state index in [2.05, 4.69) is 145 Å². The summed E-state index contributed by atoms with van der Waals surface area (Å²) < 4.78 is 4.22. The van der Waals surface area contributed by atoms with Gasteiger partial charge in [0.25, 0.3) is 12.4 Å². The molecule has 6 aromatic rings. The van der Waals surface area contributed by atoms with Crippen molar-refractivity contribution >= 4 is 34.5 Å². The third kappa shape index (κ3) is 5.40. The topological polar surface area (TPSA) is 52.2 Å². The second kappa shape index (κ2) is 12.1. The van der Waals surface area contributed by atoms with Crippen LogP contribution in [0.25, 0.3) is 44.3 Å². The average molecular weight is 621 g/mol. The maximum atomic E-state index is 6.77. The number of hydrogen-bond donors (Lipinski definition) is 2. The van der Waals surface area contributed by atoms with E-state index in [0.29, 0.717) is 0 Å². The Morgan fingerprint density at radius 3 is 2.25 bits per heavy atom. The SMILES string of the molecule is CC1(C)c2cc3ccccc3cc2-c2c(-c3cccc(/C(=C/Cc4ccc(C5=CC=[N+]=C5)cc4)NC(N)c4ccccc4)c3)cccc21. The minimum atomic E-state index is -0.352. The molecule has 1 unspecified atom stereocenters. The third-order valence-corrected chi connectivity index (χ3v) is 9.90. The lowest BCUT2D eigenvalue weighted by molar-refractivity contribution is 0.661. The fraction of sp³-hybridized carbons (Fsp3) is 0.111. The predicted octanol–water partition coefficient (Wildman–Crippen LogP) is 9.25. The van der Waals surface area contributed by atoms with Crippen LogP contribution in [0.1, 0.15) is 53.4 Å². The van der Waals surface area contributed by atoms with Crippen LogP contribution in [0.4, 0.5) is 0 Å². The van der Waals surface area contributed by atoms with E-state index in [9.17, 15) is 0 Å². The van der Waals surface area contributed by atoms with Gasteiger partial charge in [0.15, 0.2) is 0 Å². The number of nitrogens with two attached hydrogens (primary N) is 1. The van der Waals surface area contributed by atoms with Crippen LogP contribution in [0, 0.1) is 0 Å². The molecule has 0 bridgehead atoms. The van der Waals surface area contributed by atoms with E-state index in [0.717, 1.165) is 28.8 Å². The number of rotatable bonds is 8. The van der Waals surface area contributed by atoms with Gasteiger partial charge in [-0.05, 0) is 91.0 Å². The Bertz CT molecular complexity index is 2300. The van der Waals surface area contributed by atoms with Gasteiger partial charge in [0.05, 0.1) is 5.57 Å². The molecule has 1 heterocycles. The van der Waals surface area contributed by atoms with Crippen LogP contribution < -0.4 is 15.7 Å². The molecule has 232 valence electrons. The summed E-state index contributed by atoms with van der Waals surface area (Å²) in [6.07, 6.45) is 8.45. The first kappa shape index (κ1) is 29.7. The quantitative estimate of drug-likeness (QED) is 0.132. The van der Waals surface area contributed by atoms with Crippen molar-refractivity contribution in [2.24, 2.45) is 5.73 Å². The summed E-state index contributed by atoms with van der Waals surface area (Å²) in [7, 11) is 0. The fourth-order valence-corrected chi connectivity index (χ4v) is 7.25. The van der Waals surface area contributed by atoms with E-state index in [1.165, 1.54) is 55.3 Å². The highest BCUT2D eigenvalue weighted by Crippen LogP contribution is 2.53. The van der Waals surface area contributed by atoms with Gasteiger partial charge in [-0.25, -0.2) is 0 Å². The van der Waals surface area contributed by atoms with Gasteiger partial charge in [-0.2, -0.15) is 0 Å². The monoisotopic (exact) mass is 620 g/mol. The molecule has 0 saturated carbocycles. The number of benzene rings is 6. The zero-order chi connectivity index (χ0) is 32.7. The molecule has 0 saturated heterocycles. The maximum Gasteiger partial charge on any atom is 0.300 e. The summed E-state index contributed by atoms with van der Waals surface area (Å²) >= 11 is 0. The van der Waals surface area contributed by atoms with E-state index in [1.807, 2.05) is 36.7 Å². The van der Waals surface area contributed by atoms with E-state index < -0.39 is 0 Å². The van der Waals surface area contributed by atoms with Gasteiger partial charge >= 0.3 is 0 Å². The van der Waals surface area contributed by atoms with Crippen LogP contribution in [-0.2, 0) is 11.8 Å². The smallest absolute Gasteiger partial charge is 0.300 e. The van der Waals surface area contributed by atoms with Crippen LogP contribution in [0.5, 0.6) is 0 Å². The molecular weight excluding hydrogens is 583 g/mol. The van der Waals surface area contributed by atoms with Crippen LogP contribution in [0.3, 0.4) is 0 Å². The maximum absolute atomic E-state index is 6.77. The number of nitrogens with one attached hydrogen (secondary N) is 1. The lowest BCUT2D eigenvalue weighted by Crippen LogP contribution is -2.27. The fourth-order valence-electron chi connectivity index (χ4n) is 7.25. The molecule has 0 aromatic heterocycles. The van der Waals surface area contributed by atoms with Crippen LogP contribution in [0.2, 0.25) is 0 Å². The third-order valence-electron chi connectivity index (χ3n) is 9.90. The van der Waals surface area contributed by atoms with Gasteiger partial charge in [0.2, 0.25) is 0 Å². The van der Waals surface area contributed by atoms with Gasteiger partial charge in [0, 0.05) is 17.2 Å². The molecule has 8 rings (SSSR count). The zero-order valence-corrected chi connectivity index (χ0v) is 27.3. The number of allylic oxidation sites excluding steroid dienone is 3. The molecule has 0 spiro atoms. The number of nitrogens with zero attached hydrogens (tertiary/aromatic N) is 1. The van der Waals surface area contributed by atoms with Gasteiger partial charge in [0.1, 0.15) is 6.17 Å². The van der Waals surface area contributed by atoms with Gasteiger partial charge in [-0.1, -0.05) is 135 Å².